The van der Waals surface area contributed by atoms with Crippen LogP contribution >= 0.6 is 11.8 Å². The summed E-state index contributed by atoms with van der Waals surface area (Å²) in [7, 11) is 0. The van der Waals surface area contributed by atoms with Crippen LogP contribution in [0.15, 0.2) is 48.5 Å². The van der Waals surface area contributed by atoms with Gasteiger partial charge in [0.2, 0.25) is 0 Å². The lowest BCUT2D eigenvalue weighted by Gasteiger charge is -2.09. The van der Waals surface area contributed by atoms with Gasteiger partial charge in [-0.3, -0.25) is 0 Å². The molecule has 0 saturated heterocycles. The fourth-order valence-electron chi connectivity index (χ4n) is 1.89. The molecule has 2 heteroatoms. The first-order chi connectivity index (χ1) is 9.63. The highest BCUT2D eigenvalue weighted by atomic mass is 32.2. The summed E-state index contributed by atoms with van der Waals surface area (Å²) in [4.78, 5) is 0. The van der Waals surface area contributed by atoms with Crippen molar-refractivity contribution in [3.05, 3.63) is 65.2 Å². The topological polar surface area (TPSA) is 12.0 Å². The van der Waals surface area contributed by atoms with E-state index in [1.807, 2.05) is 11.8 Å². The second-order valence-corrected chi connectivity index (χ2v) is 6.96. The minimum absolute atomic E-state index is 0.689. The van der Waals surface area contributed by atoms with Crippen LogP contribution in [0.25, 0.3) is 0 Å². The largest absolute Gasteiger partial charge is 0.381 e. The monoisotopic (exact) mass is 285 g/mol. The number of rotatable bonds is 6. The van der Waals surface area contributed by atoms with E-state index in [0.717, 1.165) is 12.3 Å². The molecule has 0 heterocycles. The van der Waals surface area contributed by atoms with Gasteiger partial charge in [-0.25, -0.2) is 0 Å². The van der Waals surface area contributed by atoms with E-state index in [-0.39, 0.29) is 0 Å². The van der Waals surface area contributed by atoms with Gasteiger partial charge < -0.3 is 5.32 Å². The molecule has 2 rings (SSSR count). The average molecular weight is 285 g/mol. The SMILES string of the molecule is Cc1ccc(CNc2ccc(CSC(C)C)cc2)cc1. The van der Waals surface area contributed by atoms with Crippen LogP contribution in [0.4, 0.5) is 5.69 Å². The molecule has 0 radical (unpaired) electrons. The smallest absolute Gasteiger partial charge is 0.0400 e. The molecule has 106 valence electrons. The van der Waals surface area contributed by atoms with Gasteiger partial charge in [0.05, 0.1) is 0 Å². The Morgan fingerprint density at radius 1 is 0.900 bits per heavy atom. The lowest BCUT2D eigenvalue weighted by molar-refractivity contribution is 1.11. The minimum atomic E-state index is 0.689. The van der Waals surface area contributed by atoms with Gasteiger partial charge in [0.15, 0.2) is 0 Å². The predicted octanol–water partition coefficient (Wildman–Crippen LogP) is 5.25. The molecular formula is C18H23NS. The lowest BCUT2D eigenvalue weighted by Crippen LogP contribution is -1.99. The van der Waals surface area contributed by atoms with Gasteiger partial charge in [-0.1, -0.05) is 55.8 Å². The average Bonchev–Trinajstić information content (AvgIpc) is 2.45. The molecule has 0 aliphatic rings. The standard InChI is InChI=1S/C18H23NS/c1-14(2)20-13-17-8-10-18(11-9-17)19-12-16-6-4-15(3)5-7-16/h4-11,14,19H,12-13H2,1-3H3. The van der Waals surface area contributed by atoms with Crippen molar-refractivity contribution in [2.75, 3.05) is 5.32 Å². The lowest BCUT2D eigenvalue weighted by atomic mass is 10.1. The third-order valence-electron chi connectivity index (χ3n) is 3.15. The number of anilines is 1. The van der Waals surface area contributed by atoms with Crippen LogP contribution in [-0.2, 0) is 12.3 Å². The third-order valence-corrected chi connectivity index (χ3v) is 4.32. The highest BCUT2D eigenvalue weighted by Gasteiger charge is 1.98. The fraction of sp³-hybridized carbons (Fsp3) is 0.333. The molecule has 0 fully saturated rings. The van der Waals surface area contributed by atoms with Crippen LogP contribution in [0.2, 0.25) is 0 Å². The quantitative estimate of drug-likeness (QED) is 0.778. The molecule has 2 aromatic carbocycles. The Kier molecular flexibility index (Phi) is 5.54. The van der Waals surface area contributed by atoms with E-state index in [2.05, 4.69) is 74.6 Å². The van der Waals surface area contributed by atoms with Crippen molar-refractivity contribution in [2.24, 2.45) is 0 Å². The maximum absolute atomic E-state index is 3.47. The molecule has 0 aliphatic carbocycles. The first kappa shape index (κ1) is 15.0. The summed E-state index contributed by atoms with van der Waals surface area (Å²) in [5.41, 5.74) is 5.20. The summed E-state index contributed by atoms with van der Waals surface area (Å²) >= 11 is 1.98. The van der Waals surface area contributed by atoms with Crippen molar-refractivity contribution in [3.63, 3.8) is 0 Å². The van der Waals surface area contributed by atoms with Crippen LogP contribution in [-0.4, -0.2) is 5.25 Å². The normalized spacial score (nSPS) is 10.8. The fourth-order valence-corrected chi connectivity index (χ4v) is 2.61. The number of aryl methyl sites for hydroxylation is 1. The van der Waals surface area contributed by atoms with Gasteiger partial charge in [-0.05, 0) is 35.4 Å². The van der Waals surface area contributed by atoms with Crippen molar-refractivity contribution in [1.82, 2.24) is 0 Å². The molecule has 0 unspecified atom stereocenters. The molecule has 0 bridgehead atoms. The number of thioether (sulfide) groups is 1. The van der Waals surface area contributed by atoms with Gasteiger partial charge in [0.25, 0.3) is 0 Å². The van der Waals surface area contributed by atoms with Gasteiger partial charge >= 0.3 is 0 Å². The Hall–Kier alpha value is -1.41. The van der Waals surface area contributed by atoms with E-state index in [9.17, 15) is 0 Å². The molecule has 0 saturated carbocycles. The van der Waals surface area contributed by atoms with Crippen molar-refractivity contribution in [2.45, 2.75) is 38.3 Å². The summed E-state index contributed by atoms with van der Waals surface area (Å²) in [5.74, 6) is 1.09. The Morgan fingerprint density at radius 2 is 1.50 bits per heavy atom. The molecule has 1 N–H and O–H groups in total. The first-order valence-corrected chi connectivity index (χ1v) is 8.18. The van der Waals surface area contributed by atoms with Crippen molar-refractivity contribution >= 4 is 17.4 Å². The zero-order valence-corrected chi connectivity index (χ0v) is 13.3. The second kappa shape index (κ2) is 7.39. The molecule has 0 spiro atoms. The number of hydrogen-bond acceptors (Lipinski definition) is 2. The second-order valence-electron chi connectivity index (χ2n) is 5.40. The summed E-state index contributed by atoms with van der Waals surface area (Å²) in [6, 6.07) is 17.4. The molecule has 0 atom stereocenters. The maximum atomic E-state index is 3.47. The van der Waals surface area contributed by atoms with E-state index in [1.165, 1.54) is 22.4 Å². The molecule has 1 nitrogen and oxygen atoms in total. The minimum Gasteiger partial charge on any atom is -0.381 e. The van der Waals surface area contributed by atoms with Crippen molar-refractivity contribution in [1.29, 1.82) is 0 Å². The summed E-state index contributed by atoms with van der Waals surface area (Å²) in [6.07, 6.45) is 0. The molecule has 0 aliphatic heterocycles. The van der Waals surface area contributed by atoms with E-state index in [0.29, 0.717) is 5.25 Å². The van der Waals surface area contributed by atoms with E-state index in [1.54, 1.807) is 0 Å². The van der Waals surface area contributed by atoms with Crippen LogP contribution < -0.4 is 5.32 Å². The van der Waals surface area contributed by atoms with E-state index >= 15 is 0 Å². The van der Waals surface area contributed by atoms with Gasteiger partial charge in [0, 0.05) is 18.0 Å². The van der Waals surface area contributed by atoms with Gasteiger partial charge in [-0.2, -0.15) is 11.8 Å². The van der Waals surface area contributed by atoms with Crippen molar-refractivity contribution in [3.8, 4) is 0 Å². The van der Waals surface area contributed by atoms with E-state index < -0.39 is 0 Å². The molecule has 20 heavy (non-hydrogen) atoms. The summed E-state index contributed by atoms with van der Waals surface area (Å²) < 4.78 is 0. The molecule has 2 aromatic rings. The first-order valence-electron chi connectivity index (χ1n) is 7.13. The number of benzene rings is 2. The Balaban J connectivity index is 1.85. The predicted molar refractivity (Wildman–Crippen MR) is 91.4 cm³/mol. The molecule has 0 aromatic heterocycles. The van der Waals surface area contributed by atoms with Gasteiger partial charge in [0.1, 0.15) is 0 Å². The van der Waals surface area contributed by atoms with Crippen LogP contribution in [0, 0.1) is 6.92 Å². The Bertz CT molecular complexity index is 514. The van der Waals surface area contributed by atoms with Crippen molar-refractivity contribution < 1.29 is 0 Å². The maximum Gasteiger partial charge on any atom is 0.0400 e. The number of nitrogens with one attached hydrogen (secondary N) is 1. The van der Waals surface area contributed by atoms with Crippen LogP contribution in [0.5, 0.6) is 0 Å². The third kappa shape index (κ3) is 4.93. The van der Waals surface area contributed by atoms with E-state index in [4.69, 9.17) is 0 Å². The summed E-state index contributed by atoms with van der Waals surface area (Å²) in [5, 5.41) is 4.15. The highest BCUT2D eigenvalue weighted by Crippen LogP contribution is 2.19. The van der Waals surface area contributed by atoms with Crippen LogP contribution in [0.1, 0.15) is 30.5 Å². The highest BCUT2D eigenvalue weighted by molar-refractivity contribution is 7.99. The molecular weight excluding hydrogens is 262 g/mol. The van der Waals surface area contributed by atoms with Gasteiger partial charge in [-0.15, -0.1) is 0 Å². The molecule has 0 amide bonds. The zero-order valence-electron chi connectivity index (χ0n) is 12.5. The number of hydrogen-bond donors (Lipinski definition) is 1. The Labute approximate surface area is 126 Å². The summed E-state index contributed by atoms with van der Waals surface area (Å²) in [6.45, 7) is 7.47. The zero-order chi connectivity index (χ0) is 14.4. The Morgan fingerprint density at radius 3 is 2.10 bits per heavy atom. The van der Waals surface area contributed by atoms with Crippen LogP contribution in [0.3, 0.4) is 0 Å².